The SMILES string of the molecule is COCC(C)CC(=O)N(C)c1ccc(/C(N)=N/O)cc1. The number of hydrogen-bond acceptors (Lipinski definition) is 4. The molecule has 0 saturated heterocycles. The molecule has 1 unspecified atom stereocenters. The van der Waals surface area contributed by atoms with Crippen LogP contribution in [0.25, 0.3) is 0 Å². The van der Waals surface area contributed by atoms with Gasteiger partial charge in [0.15, 0.2) is 5.84 Å². The van der Waals surface area contributed by atoms with Crippen molar-refractivity contribution >= 4 is 17.4 Å². The van der Waals surface area contributed by atoms with Crippen molar-refractivity contribution in [3.63, 3.8) is 0 Å². The molecule has 0 bridgehead atoms. The van der Waals surface area contributed by atoms with Gasteiger partial charge < -0.3 is 20.6 Å². The Bertz CT molecular complexity index is 471. The Balaban J connectivity index is 2.72. The molecule has 1 aromatic rings. The fourth-order valence-electron chi connectivity index (χ4n) is 1.84. The zero-order valence-electron chi connectivity index (χ0n) is 12.0. The van der Waals surface area contributed by atoms with Crippen LogP contribution >= 0.6 is 0 Å². The Kier molecular flexibility index (Phi) is 5.99. The normalized spacial score (nSPS) is 13.1. The lowest BCUT2D eigenvalue weighted by atomic mass is 10.1. The first kappa shape index (κ1) is 16.0. The van der Waals surface area contributed by atoms with E-state index in [2.05, 4.69) is 5.16 Å². The molecule has 0 aliphatic carbocycles. The molecule has 0 radical (unpaired) electrons. The van der Waals surface area contributed by atoms with Gasteiger partial charge in [0.05, 0.1) is 0 Å². The van der Waals surface area contributed by atoms with Gasteiger partial charge in [0.1, 0.15) is 0 Å². The van der Waals surface area contributed by atoms with E-state index in [-0.39, 0.29) is 17.7 Å². The summed E-state index contributed by atoms with van der Waals surface area (Å²) in [6.45, 7) is 2.53. The molecule has 3 N–H and O–H groups in total. The van der Waals surface area contributed by atoms with Crippen LogP contribution in [0.5, 0.6) is 0 Å². The molecule has 0 aromatic heterocycles. The molecule has 0 fully saturated rings. The number of carbonyl (C=O) groups is 1. The predicted octanol–water partition coefficient (Wildman–Crippen LogP) is 1.42. The molecule has 6 nitrogen and oxygen atoms in total. The number of ether oxygens (including phenoxy) is 1. The Morgan fingerprint density at radius 2 is 2.05 bits per heavy atom. The summed E-state index contributed by atoms with van der Waals surface area (Å²) < 4.78 is 5.02. The highest BCUT2D eigenvalue weighted by atomic mass is 16.5. The van der Waals surface area contributed by atoms with Crippen LogP contribution in [0.4, 0.5) is 5.69 Å². The maximum absolute atomic E-state index is 12.1. The van der Waals surface area contributed by atoms with Gasteiger partial charge in [-0.15, -0.1) is 0 Å². The summed E-state index contributed by atoms with van der Waals surface area (Å²) in [7, 11) is 3.34. The standard InChI is InChI=1S/C14H21N3O3/c1-10(9-20-3)8-13(18)17(2)12-6-4-11(5-7-12)14(15)16-19/h4-7,10,19H,8-9H2,1-3H3,(H2,15,16). The third kappa shape index (κ3) is 4.24. The predicted molar refractivity (Wildman–Crippen MR) is 78.0 cm³/mol. The van der Waals surface area contributed by atoms with Gasteiger partial charge in [-0.3, -0.25) is 4.79 Å². The Hall–Kier alpha value is -2.08. The summed E-state index contributed by atoms with van der Waals surface area (Å²) in [5.41, 5.74) is 6.85. The van der Waals surface area contributed by atoms with E-state index in [4.69, 9.17) is 15.7 Å². The van der Waals surface area contributed by atoms with Gasteiger partial charge in [0.2, 0.25) is 5.91 Å². The molecule has 1 atom stereocenters. The van der Waals surface area contributed by atoms with E-state index in [1.54, 1.807) is 43.3 Å². The molecule has 0 spiro atoms. The van der Waals surface area contributed by atoms with Crippen molar-refractivity contribution in [2.24, 2.45) is 16.8 Å². The van der Waals surface area contributed by atoms with Crippen molar-refractivity contribution in [1.82, 2.24) is 0 Å². The van der Waals surface area contributed by atoms with E-state index in [0.29, 0.717) is 18.6 Å². The highest BCUT2D eigenvalue weighted by Crippen LogP contribution is 2.16. The topological polar surface area (TPSA) is 88.2 Å². The molecule has 1 rings (SSSR count). The summed E-state index contributed by atoms with van der Waals surface area (Å²) in [5, 5.41) is 11.5. The Labute approximate surface area is 118 Å². The summed E-state index contributed by atoms with van der Waals surface area (Å²) in [6.07, 6.45) is 0.423. The third-order valence-corrected chi connectivity index (χ3v) is 3.01. The van der Waals surface area contributed by atoms with Crippen LogP contribution in [0.2, 0.25) is 0 Å². The molecule has 0 aliphatic heterocycles. The van der Waals surface area contributed by atoms with Crippen LogP contribution in [0, 0.1) is 5.92 Å². The number of benzene rings is 1. The van der Waals surface area contributed by atoms with Crippen LogP contribution in [-0.4, -0.2) is 37.7 Å². The smallest absolute Gasteiger partial charge is 0.227 e. The molecule has 110 valence electrons. The average Bonchev–Trinajstić information content (AvgIpc) is 2.46. The number of oxime groups is 1. The van der Waals surface area contributed by atoms with E-state index in [1.807, 2.05) is 6.92 Å². The maximum atomic E-state index is 12.1. The van der Waals surface area contributed by atoms with Crippen LogP contribution in [0.3, 0.4) is 0 Å². The van der Waals surface area contributed by atoms with E-state index in [0.717, 1.165) is 5.69 Å². The fraction of sp³-hybridized carbons (Fsp3) is 0.429. The van der Waals surface area contributed by atoms with Crippen LogP contribution in [0.1, 0.15) is 18.9 Å². The van der Waals surface area contributed by atoms with Gasteiger partial charge in [0, 0.05) is 38.4 Å². The molecular formula is C14H21N3O3. The van der Waals surface area contributed by atoms with Crippen molar-refractivity contribution < 1.29 is 14.7 Å². The summed E-state index contributed by atoms with van der Waals surface area (Å²) in [5.74, 6) is 0.233. The van der Waals surface area contributed by atoms with Gasteiger partial charge in [-0.1, -0.05) is 12.1 Å². The number of carbonyl (C=O) groups excluding carboxylic acids is 1. The Morgan fingerprint density at radius 3 is 2.55 bits per heavy atom. The largest absolute Gasteiger partial charge is 0.409 e. The Morgan fingerprint density at radius 1 is 1.45 bits per heavy atom. The first-order valence-electron chi connectivity index (χ1n) is 6.33. The second-order valence-electron chi connectivity index (χ2n) is 4.75. The highest BCUT2D eigenvalue weighted by molar-refractivity contribution is 5.98. The van der Waals surface area contributed by atoms with Crippen LogP contribution < -0.4 is 10.6 Å². The molecule has 0 saturated carbocycles. The highest BCUT2D eigenvalue weighted by Gasteiger charge is 2.15. The average molecular weight is 279 g/mol. The molecule has 6 heteroatoms. The van der Waals surface area contributed by atoms with Gasteiger partial charge in [0.25, 0.3) is 0 Å². The summed E-state index contributed by atoms with van der Waals surface area (Å²) in [6, 6.07) is 6.91. The summed E-state index contributed by atoms with van der Waals surface area (Å²) >= 11 is 0. The number of amidine groups is 1. The number of rotatable bonds is 6. The number of nitrogens with zero attached hydrogens (tertiary/aromatic N) is 2. The quantitative estimate of drug-likeness (QED) is 0.357. The molecular weight excluding hydrogens is 258 g/mol. The fourth-order valence-corrected chi connectivity index (χ4v) is 1.84. The van der Waals surface area contributed by atoms with Gasteiger partial charge in [-0.05, 0) is 30.2 Å². The third-order valence-electron chi connectivity index (χ3n) is 3.01. The van der Waals surface area contributed by atoms with Gasteiger partial charge in [-0.25, -0.2) is 0 Å². The van der Waals surface area contributed by atoms with Gasteiger partial charge >= 0.3 is 0 Å². The number of amides is 1. The molecule has 20 heavy (non-hydrogen) atoms. The van der Waals surface area contributed by atoms with Crippen molar-refractivity contribution in [3.8, 4) is 0 Å². The monoisotopic (exact) mass is 279 g/mol. The number of hydrogen-bond donors (Lipinski definition) is 2. The first-order valence-corrected chi connectivity index (χ1v) is 6.33. The van der Waals surface area contributed by atoms with Gasteiger partial charge in [-0.2, -0.15) is 0 Å². The molecule has 0 aliphatic rings. The number of methoxy groups -OCH3 is 1. The zero-order chi connectivity index (χ0) is 15.1. The lowest BCUT2D eigenvalue weighted by Crippen LogP contribution is -2.28. The van der Waals surface area contributed by atoms with Crippen LogP contribution in [0.15, 0.2) is 29.4 Å². The molecule has 1 amide bonds. The van der Waals surface area contributed by atoms with Crippen molar-refractivity contribution in [2.75, 3.05) is 25.7 Å². The lowest BCUT2D eigenvalue weighted by Gasteiger charge is -2.19. The van der Waals surface area contributed by atoms with Crippen molar-refractivity contribution in [2.45, 2.75) is 13.3 Å². The van der Waals surface area contributed by atoms with E-state index >= 15 is 0 Å². The second-order valence-corrected chi connectivity index (χ2v) is 4.75. The minimum Gasteiger partial charge on any atom is -0.409 e. The summed E-state index contributed by atoms with van der Waals surface area (Å²) in [4.78, 5) is 13.7. The number of anilines is 1. The molecule has 0 heterocycles. The maximum Gasteiger partial charge on any atom is 0.227 e. The van der Waals surface area contributed by atoms with Crippen molar-refractivity contribution in [1.29, 1.82) is 0 Å². The minimum atomic E-state index is 0.0195. The first-order chi connectivity index (χ1) is 9.49. The van der Waals surface area contributed by atoms with Crippen molar-refractivity contribution in [3.05, 3.63) is 29.8 Å². The minimum absolute atomic E-state index is 0.0195. The zero-order valence-corrected chi connectivity index (χ0v) is 12.0. The van der Waals surface area contributed by atoms with E-state index in [1.165, 1.54) is 0 Å². The number of nitrogens with two attached hydrogens (primary N) is 1. The lowest BCUT2D eigenvalue weighted by molar-refractivity contribution is -0.119. The second kappa shape index (κ2) is 7.49. The van der Waals surface area contributed by atoms with E-state index in [9.17, 15) is 4.79 Å². The van der Waals surface area contributed by atoms with E-state index < -0.39 is 0 Å². The molecule has 1 aromatic carbocycles. The van der Waals surface area contributed by atoms with Crippen LogP contribution in [-0.2, 0) is 9.53 Å².